The molecular formula is C25H33N3O2. The van der Waals surface area contributed by atoms with Gasteiger partial charge in [0.05, 0.1) is 12.2 Å². The normalized spacial score (nSPS) is 19.8. The van der Waals surface area contributed by atoms with Crippen molar-refractivity contribution >= 4 is 11.8 Å². The molecule has 2 aromatic rings. The summed E-state index contributed by atoms with van der Waals surface area (Å²) in [6, 6.07) is 14.8. The van der Waals surface area contributed by atoms with E-state index in [4.69, 9.17) is 0 Å². The number of nitrogens with one attached hydrogen (secondary N) is 2. The van der Waals surface area contributed by atoms with E-state index in [9.17, 15) is 9.59 Å². The highest BCUT2D eigenvalue weighted by Gasteiger charge is 2.30. The van der Waals surface area contributed by atoms with Crippen LogP contribution in [0.15, 0.2) is 54.7 Å². The molecular weight excluding hydrogens is 374 g/mol. The number of hydrogen-bond donors (Lipinski definition) is 2. The van der Waals surface area contributed by atoms with Crippen LogP contribution < -0.4 is 10.6 Å². The second-order valence-corrected chi connectivity index (χ2v) is 8.65. The number of pyridine rings is 1. The molecule has 0 aliphatic heterocycles. The number of amides is 2. The molecule has 0 bridgehead atoms. The van der Waals surface area contributed by atoms with E-state index in [0.717, 1.165) is 36.9 Å². The van der Waals surface area contributed by atoms with Crippen LogP contribution in [0.4, 0.5) is 0 Å². The van der Waals surface area contributed by atoms with Crippen LogP contribution in [-0.4, -0.2) is 22.8 Å². The van der Waals surface area contributed by atoms with E-state index in [2.05, 4.69) is 29.5 Å². The molecule has 2 amide bonds. The number of rotatable bonds is 8. The molecule has 5 nitrogen and oxygen atoms in total. The lowest BCUT2D eigenvalue weighted by Crippen LogP contribution is -2.50. The average Bonchev–Trinajstić information content (AvgIpc) is 2.78. The molecule has 1 atom stereocenters. The number of carbonyl (C=O) groups is 2. The fourth-order valence-corrected chi connectivity index (χ4v) is 4.20. The minimum absolute atomic E-state index is 0.00173. The van der Waals surface area contributed by atoms with Crippen molar-refractivity contribution in [2.75, 3.05) is 0 Å². The second kappa shape index (κ2) is 10.9. The van der Waals surface area contributed by atoms with Gasteiger partial charge in [0.25, 0.3) is 0 Å². The van der Waals surface area contributed by atoms with Crippen LogP contribution in [0.25, 0.3) is 0 Å². The molecule has 1 fully saturated rings. The third kappa shape index (κ3) is 6.41. The molecule has 1 heterocycles. The van der Waals surface area contributed by atoms with Gasteiger partial charge in [-0.25, -0.2) is 0 Å². The first-order chi connectivity index (χ1) is 14.5. The van der Waals surface area contributed by atoms with Gasteiger partial charge in [0.15, 0.2) is 0 Å². The number of nitrogens with zero attached hydrogens (tertiary/aromatic N) is 1. The van der Waals surface area contributed by atoms with Gasteiger partial charge in [-0.1, -0.05) is 50.2 Å². The van der Waals surface area contributed by atoms with Gasteiger partial charge in [0, 0.05) is 18.5 Å². The Hall–Kier alpha value is -2.69. The lowest BCUT2D eigenvalue weighted by Gasteiger charge is -2.31. The summed E-state index contributed by atoms with van der Waals surface area (Å²) in [6.07, 6.45) is 6.17. The maximum Gasteiger partial charge on any atom is 0.243 e. The van der Waals surface area contributed by atoms with Gasteiger partial charge < -0.3 is 10.6 Å². The minimum atomic E-state index is -0.591. The van der Waals surface area contributed by atoms with Gasteiger partial charge >= 0.3 is 0 Å². The molecule has 1 aromatic heterocycles. The van der Waals surface area contributed by atoms with Crippen molar-refractivity contribution in [1.29, 1.82) is 0 Å². The maximum atomic E-state index is 13.0. The molecule has 0 spiro atoms. The minimum Gasteiger partial charge on any atom is -0.349 e. The summed E-state index contributed by atoms with van der Waals surface area (Å²) in [5.41, 5.74) is 1.82. The zero-order valence-electron chi connectivity index (χ0n) is 18.0. The summed E-state index contributed by atoms with van der Waals surface area (Å²) in [6.45, 7) is 4.86. The van der Waals surface area contributed by atoms with Crippen LogP contribution in [-0.2, 0) is 22.6 Å². The highest BCUT2D eigenvalue weighted by atomic mass is 16.2. The smallest absolute Gasteiger partial charge is 0.243 e. The third-order valence-electron chi connectivity index (χ3n) is 6.17. The first kappa shape index (κ1) is 22.0. The number of hydrogen-bond acceptors (Lipinski definition) is 3. The van der Waals surface area contributed by atoms with Gasteiger partial charge in [-0.15, -0.1) is 0 Å². The van der Waals surface area contributed by atoms with Crippen molar-refractivity contribution in [1.82, 2.24) is 15.6 Å². The summed E-state index contributed by atoms with van der Waals surface area (Å²) >= 11 is 0. The summed E-state index contributed by atoms with van der Waals surface area (Å²) in [7, 11) is 0. The Balaban J connectivity index is 1.62. The topological polar surface area (TPSA) is 71.1 Å². The SMILES string of the molecule is CC(C)C1CCC(C(=O)N[C@H](Cc2ccccc2)C(=O)NCc2ccccn2)CC1. The molecule has 5 heteroatoms. The largest absolute Gasteiger partial charge is 0.349 e. The lowest BCUT2D eigenvalue weighted by molar-refractivity contribution is -0.132. The lowest BCUT2D eigenvalue weighted by atomic mass is 9.76. The van der Waals surface area contributed by atoms with Crippen molar-refractivity contribution in [2.24, 2.45) is 17.8 Å². The summed E-state index contributed by atoms with van der Waals surface area (Å²) in [5.74, 6) is 1.20. The van der Waals surface area contributed by atoms with E-state index >= 15 is 0 Å². The molecule has 0 unspecified atom stereocenters. The van der Waals surface area contributed by atoms with Crippen LogP contribution in [0.3, 0.4) is 0 Å². The van der Waals surface area contributed by atoms with E-state index in [1.165, 1.54) is 0 Å². The fraction of sp³-hybridized carbons (Fsp3) is 0.480. The quantitative estimate of drug-likeness (QED) is 0.697. The number of benzene rings is 1. The molecule has 1 aromatic carbocycles. The molecule has 1 saturated carbocycles. The molecule has 0 radical (unpaired) electrons. The molecule has 30 heavy (non-hydrogen) atoms. The average molecular weight is 408 g/mol. The first-order valence-corrected chi connectivity index (χ1v) is 11.0. The summed E-state index contributed by atoms with van der Waals surface area (Å²) in [4.78, 5) is 30.1. The second-order valence-electron chi connectivity index (χ2n) is 8.65. The zero-order chi connectivity index (χ0) is 21.3. The zero-order valence-corrected chi connectivity index (χ0v) is 18.0. The fourth-order valence-electron chi connectivity index (χ4n) is 4.20. The molecule has 160 valence electrons. The molecule has 0 saturated heterocycles. The summed E-state index contributed by atoms with van der Waals surface area (Å²) < 4.78 is 0. The van der Waals surface area contributed by atoms with Crippen molar-refractivity contribution in [2.45, 2.75) is 58.5 Å². The van der Waals surface area contributed by atoms with Crippen molar-refractivity contribution < 1.29 is 9.59 Å². The van der Waals surface area contributed by atoms with Gasteiger partial charge in [-0.05, 0) is 55.2 Å². The molecule has 1 aliphatic rings. The van der Waals surface area contributed by atoms with Crippen LogP contribution in [0.5, 0.6) is 0 Å². The van der Waals surface area contributed by atoms with Crippen LogP contribution >= 0.6 is 0 Å². The van der Waals surface area contributed by atoms with Crippen molar-refractivity contribution in [3.8, 4) is 0 Å². The van der Waals surface area contributed by atoms with Crippen LogP contribution in [0.1, 0.15) is 50.8 Å². The highest BCUT2D eigenvalue weighted by molar-refractivity contribution is 5.88. The van der Waals surface area contributed by atoms with Gasteiger partial charge in [-0.2, -0.15) is 0 Å². The number of aromatic nitrogens is 1. The number of carbonyl (C=O) groups excluding carboxylic acids is 2. The van der Waals surface area contributed by atoms with Gasteiger partial charge in [0.1, 0.15) is 6.04 Å². The predicted molar refractivity (Wildman–Crippen MR) is 118 cm³/mol. The van der Waals surface area contributed by atoms with Gasteiger partial charge in [-0.3, -0.25) is 14.6 Å². The first-order valence-electron chi connectivity index (χ1n) is 11.0. The van der Waals surface area contributed by atoms with Crippen molar-refractivity contribution in [3.63, 3.8) is 0 Å². The van der Waals surface area contributed by atoms with E-state index < -0.39 is 6.04 Å². The molecule has 2 N–H and O–H groups in total. The van der Waals surface area contributed by atoms with Gasteiger partial charge in [0.2, 0.25) is 11.8 Å². The third-order valence-corrected chi connectivity index (χ3v) is 6.17. The van der Waals surface area contributed by atoms with E-state index in [0.29, 0.717) is 24.8 Å². The Morgan fingerprint density at radius 1 is 1.00 bits per heavy atom. The standard InChI is InChI=1S/C25H33N3O2/c1-18(2)20-11-13-21(14-12-20)24(29)28-23(16-19-8-4-3-5-9-19)25(30)27-17-22-10-6-7-15-26-22/h3-10,15,18,20-21,23H,11-14,16-17H2,1-2H3,(H,27,30)(H,28,29)/t20?,21?,23-/m1/s1. The van der Waals surface area contributed by atoms with E-state index in [-0.39, 0.29) is 17.7 Å². The molecule has 3 rings (SSSR count). The Bertz CT molecular complexity index is 800. The maximum absolute atomic E-state index is 13.0. The highest BCUT2D eigenvalue weighted by Crippen LogP contribution is 2.33. The van der Waals surface area contributed by atoms with E-state index in [1.54, 1.807) is 6.20 Å². The summed E-state index contributed by atoms with van der Waals surface area (Å²) in [5, 5.41) is 5.98. The predicted octanol–water partition coefficient (Wildman–Crippen LogP) is 3.89. The molecule has 1 aliphatic carbocycles. The monoisotopic (exact) mass is 407 g/mol. The van der Waals surface area contributed by atoms with Crippen molar-refractivity contribution in [3.05, 3.63) is 66.0 Å². The van der Waals surface area contributed by atoms with Crippen LogP contribution in [0.2, 0.25) is 0 Å². The Morgan fingerprint density at radius 3 is 2.33 bits per heavy atom. The van der Waals surface area contributed by atoms with E-state index in [1.807, 2.05) is 48.5 Å². The Labute approximate surface area is 179 Å². The Morgan fingerprint density at radius 2 is 1.70 bits per heavy atom. The van der Waals surface area contributed by atoms with Crippen LogP contribution in [0, 0.1) is 17.8 Å². The Kier molecular flexibility index (Phi) is 8.00.